The molecule has 3 nitrogen and oxygen atoms in total. The summed E-state index contributed by atoms with van der Waals surface area (Å²) in [4.78, 5) is 4.77. The number of ether oxygens (including phenoxy) is 1. The van der Waals surface area contributed by atoms with Crippen LogP contribution in [-0.4, -0.2) is 18.1 Å². The quantitative estimate of drug-likeness (QED) is 0.891. The molecule has 0 aliphatic carbocycles. The normalized spacial score (nSPS) is 14.3. The second-order valence-electron chi connectivity index (χ2n) is 5.35. The first-order chi connectivity index (χ1) is 10.1. The molecule has 0 amide bonds. The first-order valence-corrected chi connectivity index (χ1v) is 8.04. The van der Waals surface area contributed by atoms with Gasteiger partial charge >= 0.3 is 0 Å². The number of pyridine rings is 1. The third-order valence-electron chi connectivity index (χ3n) is 3.81. The summed E-state index contributed by atoms with van der Waals surface area (Å²) in [6.07, 6.45) is 1.81. The van der Waals surface area contributed by atoms with E-state index in [1.807, 2.05) is 6.92 Å². The van der Waals surface area contributed by atoms with E-state index in [1.165, 1.54) is 6.07 Å². The number of benzene rings is 1. The lowest BCUT2D eigenvalue weighted by atomic mass is 10.0. The zero-order valence-corrected chi connectivity index (χ0v) is 13.8. The van der Waals surface area contributed by atoms with Gasteiger partial charge < -0.3 is 10.1 Å². The van der Waals surface area contributed by atoms with Gasteiger partial charge in [-0.25, -0.2) is 4.39 Å². The monoisotopic (exact) mass is 352 g/mol. The highest BCUT2D eigenvalue weighted by molar-refractivity contribution is 9.10. The van der Waals surface area contributed by atoms with Crippen molar-refractivity contribution in [3.8, 4) is 0 Å². The van der Waals surface area contributed by atoms with Crippen LogP contribution in [0.5, 0.6) is 0 Å². The van der Waals surface area contributed by atoms with Crippen molar-refractivity contribution in [2.75, 3.05) is 18.5 Å². The molecule has 3 rings (SSSR count). The first kappa shape index (κ1) is 14.7. The molecule has 0 radical (unpaired) electrons. The second-order valence-corrected chi connectivity index (χ2v) is 6.15. The molecule has 1 aromatic heterocycles. The summed E-state index contributed by atoms with van der Waals surface area (Å²) in [5, 5.41) is 4.27. The maximum absolute atomic E-state index is 14.1. The van der Waals surface area contributed by atoms with Gasteiger partial charge in [0.05, 0.1) is 34.6 Å². The Bertz CT molecular complexity index is 703. The number of aryl methyl sites for hydroxylation is 1. The van der Waals surface area contributed by atoms with Crippen LogP contribution in [-0.2, 0) is 17.8 Å². The summed E-state index contributed by atoms with van der Waals surface area (Å²) < 4.78 is 20.2. The van der Waals surface area contributed by atoms with Gasteiger partial charge in [-0.15, -0.1) is 0 Å². The van der Waals surface area contributed by atoms with E-state index >= 15 is 0 Å². The minimum Gasteiger partial charge on any atom is -0.384 e. The molecule has 1 aliphatic heterocycles. The molecule has 1 aliphatic rings. The molecule has 0 spiro atoms. The van der Waals surface area contributed by atoms with Crippen molar-refractivity contribution in [3.63, 3.8) is 0 Å². The molecule has 2 aromatic rings. The van der Waals surface area contributed by atoms with Gasteiger partial charge in [0.25, 0.3) is 0 Å². The maximum Gasteiger partial charge on any atom is 0.138 e. The summed E-state index contributed by atoms with van der Waals surface area (Å²) in [5.41, 5.74) is 4.81. The molecule has 0 fully saturated rings. The highest BCUT2D eigenvalue weighted by Gasteiger charge is 2.22. The molecule has 5 heteroatoms. The summed E-state index contributed by atoms with van der Waals surface area (Å²) in [5.74, 6) is -0.252. The Kier molecular flexibility index (Phi) is 4.13. The molecule has 0 saturated heterocycles. The molecule has 1 aromatic carbocycles. The Morgan fingerprint density at radius 3 is 3.05 bits per heavy atom. The number of nitrogens with zero attached hydrogens (tertiary/aromatic N) is 1. The van der Waals surface area contributed by atoms with Gasteiger partial charge in [-0.3, -0.25) is 4.98 Å². The van der Waals surface area contributed by atoms with Crippen molar-refractivity contribution in [1.29, 1.82) is 0 Å². The Morgan fingerprint density at radius 2 is 2.29 bits per heavy atom. The molecule has 0 atom stereocenters. The third-order valence-corrected chi connectivity index (χ3v) is 4.59. The lowest BCUT2D eigenvalue weighted by Crippen LogP contribution is -2.16. The Morgan fingerprint density at radius 1 is 1.48 bits per heavy atom. The average molecular weight is 353 g/mol. The fraction of sp³-hybridized carbons (Fsp3) is 0.438. The van der Waals surface area contributed by atoms with Crippen LogP contribution < -0.4 is 5.32 Å². The van der Waals surface area contributed by atoms with Crippen molar-refractivity contribution < 1.29 is 9.13 Å². The van der Waals surface area contributed by atoms with E-state index in [9.17, 15) is 4.39 Å². The van der Waals surface area contributed by atoms with Crippen molar-refractivity contribution in [3.05, 3.63) is 33.2 Å². The highest BCUT2D eigenvalue weighted by atomic mass is 79.9. The minimum atomic E-state index is -0.252. The van der Waals surface area contributed by atoms with Crippen LogP contribution in [0, 0.1) is 12.7 Å². The molecule has 2 heterocycles. The molecule has 1 N–H and O–H groups in total. The average Bonchev–Trinajstić information content (AvgIpc) is 2.49. The largest absolute Gasteiger partial charge is 0.384 e. The van der Waals surface area contributed by atoms with Crippen molar-refractivity contribution in [1.82, 2.24) is 4.98 Å². The maximum atomic E-state index is 14.1. The summed E-state index contributed by atoms with van der Waals surface area (Å²) >= 11 is 3.39. The number of anilines is 1. The number of rotatable bonds is 3. The van der Waals surface area contributed by atoms with Gasteiger partial charge in [0.1, 0.15) is 5.82 Å². The van der Waals surface area contributed by atoms with E-state index in [4.69, 9.17) is 9.72 Å². The third kappa shape index (κ3) is 2.53. The van der Waals surface area contributed by atoms with Crippen LogP contribution in [0.25, 0.3) is 10.9 Å². The van der Waals surface area contributed by atoms with Crippen LogP contribution >= 0.6 is 15.9 Å². The lowest BCUT2D eigenvalue weighted by Gasteiger charge is -2.23. The van der Waals surface area contributed by atoms with Crippen molar-refractivity contribution in [2.45, 2.75) is 33.3 Å². The van der Waals surface area contributed by atoms with E-state index in [-0.39, 0.29) is 5.82 Å². The fourth-order valence-corrected chi connectivity index (χ4v) is 3.26. The van der Waals surface area contributed by atoms with E-state index in [0.717, 1.165) is 52.8 Å². The van der Waals surface area contributed by atoms with E-state index in [1.54, 1.807) is 0 Å². The fourth-order valence-electron chi connectivity index (χ4n) is 2.76. The van der Waals surface area contributed by atoms with Crippen LogP contribution in [0.15, 0.2) is 10.5 Å². The molecule has 0 saturated carbocycles. The van der Waals surface area contributed by atoms with Crippen LogP contribution in [0.1, 0.15) is 30.2 Å². The highest BCUT2D eigenvalue weighted by Crippen LogP contribution is 2.38. The van der Waals surface area contributed by atoms with Gasteiger partial charge in [0.15, 0.2) is 0 Å². The number of aromatic nitrogens is 1. The molecule has 0 unspecified atom stereocenters. The standard InChI is InChI=1S/C16H18BrFN2O/c1-3-5-19-16-10-8-21-6-4-12(10)20-15-9(2)7-11(18)14(17)13(15)16/h7H,3-6,8H2,1-2H3,(H,19,20). The summed E-state index contributed by atoms with van der Waals surface area (Å²) in [6, 6.07) is 1.54. The predicted octanol–water partition coefficient (Wildman–Crippen LogP) is 4.34. The van der Waals surface area contributed by atoms with Crippen LogP contribution in [0.4, 0.5) is 10.1 Å². The van der Waals surface area contributed by atoms with Gasteiger partial charge in [0, 0.05) is 23.9 Å². The Hall–Kier alpha value is -1.20. The zero-order valence-electron chi connectivity index (χ0n) is 12.2. The number of halogens is 2. The number of hydrogen-bond donors (Lipinski definition) is 1. The second kappa shape index (κ2) is 5.89. The summed E-state index contributed by atoms with van der Waals surface area (Å²) in [7, 11) is 0. The van der Waals surface area contributed by atoms with Crippen LogP contribution in [0.3, 0.4) is 0 Å². The van der Waals surface area contributed by atoms with Crippen molar-refractivity contribution in [2.24, 2.45) is 0 Å². The molecular weight excluding hydrogens is 335 g/mol. The first-order valence-electron chi connectivity index (χ1n) is 7.25. The lowest BCUT2D eigenvalue weighted by molar-refractivity contribution is 0.110. The number of fused-ring (bicyclic) bond motifs is 2. The SMILES string of the molecule is CCCNc1c2c(nc3c(C)cc(F)c(Br)c13)CCOC2. The van der Waals surface area contributed by atoms with Gasteiger partial charge in [-0.05, 0) is 40.9 Å². The van der Waals surface area contributed by atoms with Gasteiger partial charge in [0.2, 0.25) is 0 Å². The molecule has 21 heavy (non-hydrogen) atoms. The van der Waals surface area contributed by atoms with Gasteiger partial charge in [-0.2, -0.15) is 0 Å². The minimum absolute atomic E-state index is 0.252. The Balaban J connectivity index is 2.35. The van der Waals surface area contributed by atoms with E-state index in [0.29, 0.717) is 17.7 Å². The van der Waals surface area contributed by atoms with E-state index < -0.39 is 0 Å². The molecule has 112 valence electrons. The van der Waals surface area contributed by atoms with Gasteiger partial charge in [-0.1, -0.05) is 6.92 Å². The smallest absolute Gasteiger partial charge is 0.138 e. The predicted molar refractivity (Wildman–Crippen MR) is 86.3 cm³/mol. The Labute approximate surface area is 132 Å². The molecular formula is C16H18BrFN2O. The zero-order chi connectivity index (χ0) is 15.0. The number of nitrogens with one attached hydrogen (secondary N) is 1. The number of hydrogen-bond acceptors (Lipinski definition) is 3. The van der Waals surface area contributed by atoms with E-state index in [2.05, 4.69) is 28.2 Å². The van der Waals surface area contributed by atoms with Crippen molar-refractivity contribution >= 4 is 32.5 Å². The molecule has 0 bridgehead atoms. The summed E-state index contributed by atoms with van der Waals surface area (Å²) in [6.45, 7) is 6.08. The van der Waals surface area contributed by atoms with Crippen LogP contribution in [0.2, 0.25) is 0 Å². The topological polar surface area (TPSA) is 34.2 Å².